The molecule has 0 bridgehead atoms. The Morgan fingerprint density at radius 3 is 2.95 bits per heavy atom. The van der Waals surface area contributed by atoms with Gasteiger partial charge in [-0.1, -0.05) is 11.3 Å². The van der Waals surface area contributed by atoms with Gasteiger partial charge in [0.05, 0.1) is 21.9 Å². The molecule has 1 aromatic heterocycles. The highest BCUT2D eigenvalue weighted by atomic mass is 32.1. The molecule has 114 valence electrons. The largest absolute Gasteiger partial charge is 0.416 e. The molecule has 0 amide bonds. The summed E-state index contributed by atoms with van der Waals surface area (Å²) in [6.45, 7) is 1.54. The van der Waals surface area contributed by atoms with Crippen molar-refractivity contribution in [2.45, 2.75) is 31.5 Å². The quantitative estimate of drug-likeness (QED) is 0.913. The van der Waals surface area contributed by atoms with Gasteiger partial charge < -0.3 is 10.1 Å². The van der Waals surface area contributed by atoms with Gasteiger partial charge in [0.25, 0.3) is 0 Å². The maximum Gasteiger partial charge on any atom is 0.416 e. The van der Waals surface area contributed by atoms with E-state index in [4.69, 9.17) is 4.74 Å². The Balaban J connectivity index is 1.66. The summed E-state index contributed by atoms with van der Waals surface area (Å²) in [5, 5.41) is 3.82. The molecule has 21 heavy (non-hydrogen) atoms. The van der Waals surface area contributed by atoms with Crippen LogP contribution in [0.4, 0.5) is 18.3 Å². The van der Waals surface area contributed by atoms with Crippen LogP contribution in [-0.4, -0.2) is 24.2 Å². The van der Waals surface area contributed by atoms with Gasteiger partial charge in [-0.3, -0.25) is 0 Å². The first-order chi connectivity index (χ1) is 10.0. The molecule has 3 nitrogen and oxygen atoms in total. The fourth-order valence-electron chi connectivity index (χ4n) is 2.39. The van der Waals surface area contributed by atoms with Crippen LogP contribution in [0.25, 0.3) is 10.2 Å². The molecule has 1 fully saturated rings. The summed E-state index contributed by atoms with van der Waals surface area (Å²) in [4.78, 5) is 4.22. The number of nitrogens with zero attached hydrogens (tertiary/aromatic N) is 1. The predicted molar refractivity (Wildman–Crippen MR) is 76.7 cm³/mol. The van der Waals surface area contributed by atoms with E-state index >= 15 is 0 Å². The number of fused-ring (bicyclic) bond motifs is 1. The van der Waals surface area contributed by atoms with Gasteiger partial charge in [-0.15, -0.1) is 0 Å². The van der Waals surface area contributed by atoms with Crippen LogP contribution in [0.5, 0.6) is 0 Å². The number of anilines is 1. The maximum atomic E-state index is 12.6. The fourth-order valence-corrected chi connectivity index (χ4v) is 3.26. The van der Waals surface area contributed by atoms with Crippen molar-refractivity contribution in [2.75, 3.05) is 18.5 Å². The number of rotatable bonds is 4. The molecule has 0 spiro atoms. The van der Waals surface area contributed by atoms with Gasteiger partial charge in [0.15, 0.2) is 5.13 Å². The minimum absolute atomic E-state index is 0.295. The number of aromatic nitrogens is 1. The summed E-state index contributed by atoms with van der Waals surface area (Å²) in [5.41, 5.74) is -0.277. The highest BCUT2D eigenvalue weighted by molar-refractivity contribution is 7.22. The van der Waals surface area contributed by atoms with Crippen molar-refractivity contribution in [3.63, 3.8) is 0 Å². The first-order valence-corrected chi connectivity index (χ1v) is 7.67. The molecule has 1 aliphatic heterocycles. The van der Waals surface area contributed by atoms with Gasteiger partial charge in [0, 0.05) is 13.2 Å². The molecule has 0 saturated carbocycles. The molecule has 2 aromatic rings. The highest BCUT2D eigenvalue weighted by Crippen LogP contribution is 2.34. The van der Waals surface area contributed by atoms with E-state index in [1.165, 1.54) is 17.4 Å². The Hall–Kier alpha value is -1.34. The molecule has 1 N–H and O–H groups in total. The van der Waals surface area contributed by atoms with Crippen molar-refractivity contribution in [1.29, 1.82) is 0 Å². The Kier molecular flexibility index (Phi) is 4.03. The van der Waals surface area contributed by atoms with Crippen LogP contribution >= 0.6 is 11.3 Å². The lowest BCUT2D eigenvalue weighted by Crippen LogP contribution is -2.12. The molecule has 0 radical (unpaired) electrons. The summed E-state index contributed by atoms with van der Waals surface area (Å²) < 4.78 is 44.2. The zero-order chi connectivity index (χ0) is 14.9. The minimum atomic E-state index is -4.33. The summed E-state index contributed by atoms with van der Waals surface area (Å²) in [6, 6.07) is 3.66. The molecule has 0 aliphatic carbocycles. The van der Waals surface area contributed by atoms with E-state index < -0.39 is 11.7 Å². The Morgan fingerprint density at radius 2 is 2.24 bits per heavy atom. The number of nitrogens with one attached hydrogen (secondary N) is 1. The van der Waals surface area contributed by atoms with E-state index in [1.807, 2.05) is 0 Å². The van der Waals surface area contributed by atoms with Gasteiger partial charge in [-0.2, -0.15) is 13.2 Å². The number of ether oxygens (including phenoxy) is 1. The number of halogens is 3. The number of benzene rings is 1. The second-order valence-corrected chi connectivity index (χ2v) is 6.08. The maximum absolute atomic E-state index is 12.6. The SMILES string of the molecule is FC(F)(F)c1ccc2sc(NCCC3CCCO3)nc2c1. The van der Waals surface area contributed by atoms with E-state index in [-0.39, 0.29) is 0 Å². The Morgan fingerprint density at radius 1 is 1.38 bits per heavy atom. The van der Waals surface area contributed by atoms with E-state index in [1.54, 1.807) is 0 Å². The average molecular weight is 316 g/mol. The monoisotopic (exact) mass is 316 g/mol. The van der Waals surface area contributed by atoms with Crippen LogP contribution < -0.4 is 5.32 Å². The summed E-state index contributed by atoms with van der Waals surface area (Å²) in [6.07, 6.45) is -0.957. The van der Waals surface area contributed by atoms with Gasteiger partial charge in [0.1, 0.15) is 0 Å². The molecule has 1 aromatic carbocycles. The van der Waals surface area contributed by atoms with Crippen LogP contribution in [0.2, 0.25) is 0 Å². The van der Waals surface area contributed by atoms with Crippen LogP contribution in [0, 0.1) is 0 Å². The second-order valence-electron chi connectivity index (χ2n) is 5.05. The topological polar surface area (TPSA) is 34.1 Å². The lowest BCUT2D eigenvalue weighted by atomic mass is 10.2. The van der Waals surface area contributed by atoms with Crippen LogP contribution in [-0.2, 0) is 10.9 Å². The van der Waals surface area contributed by atoms with Gasteiger partial charge in [0.2, 0.25) is 0 Å². The van der Waals surface area contributed by atoms with Crippen molar-refractivity contribution in [2.24, 2.45) is 0 Å². The Labute approximate surface area is 124 Å². The molecule has 1 aliphatic rings. The highest BCUT2D eigenvalue weighted by Gasteiger charge is 2.30. The molecule has 7 heteroatoms. The van der Waals surface area contributed by atoms with Crippen molar-refractivity contribution in [3.05, 3.63) is 23.8 Å². The lowest BCUT2D eigenvalue weighted by Gasteiger charge is -2.08. The summed E-state index contributed by atoms with van der Waals surface area (Å²) in [5.74, 6) is 0. The summed E-state index contributed by atoms with van der Waals surface area (Å²) >= 11 is 1.37. The molecule has 1 unspecified atom stereocenters. The van der Waals surface area contributed by atoms with E-state index in [0.29, 0.717) is 16.8 Å². The predicted octanol–water partition coefficient (Wildman–Crippen LogP) is 4.30. The van der Waals surface area contributed by atoms with Gasteiger partial charge in [-0.25, -0.2) is 4.98 Å². The minimum Gasteiger partial charge on any atom is -0.378 e. The van der Waals surface area contributed by atoms with Crippen molar-refractivity contribution in [1.82, 2.24) is 4.98 Å². The van der Waals surface area contributed by atoms with Gasteiger partial charge in [-0.05, 0) is 37.5 Å². The molecular formula is C14H15F3N2OS. The van der Waals surface area contributed by atoms with E-state index in [0.717, 1.165) is 49.2 Å². The normalized spacial score (nSPS) is 19.3. The lowest BCUT2D eigenvalue weighted by molar-refractivity contribution is -0.137. The number of thiazole rings is 1. The first-order valence-electron chi connectivity index (χ1n) is 6.85. The van der Waals surface area contributed by atoms with Crippen LogP contribution in [0.15, 0.2) is 18.2 Å². The smallest absolute Gasteiger partial charge is 0.378 e. The molecule has 1 atom stereocenters. The fraction of sp³-hybridized carbons (Fsp3) is 0.500. The van der Waals surface area contributed by atoms with E-state index in [9.17, 15) is 13.2 Å². The molecule has 1 saturated heterocycles. The molecule has 3 rings (SSSR count). The second kappa shape index (κ2) is 5.81. The standard InChI is InChI=1S/C14H15F3N2OS/c15-14(16,17)9-3-4-12-11(8-9)19-13(21-12)18-6-5-10-2-1-7-20-10/h3-4,8,10H,1-2,5-7H2,(H,18,19). The first kappa shape index (κ1) is 14.6. The summed E-state index contributed by atoms with van der Waals surface area (Å²) in [7, 11) is 0. The third-order valence-corrected chi connectivity index (χ3v) is 4.48. The molecule has 2 heterocycles. The Bertz CT molecular complexity index is 620. The zero-order valence-corrected chi connectivity index (χ0v) is 12.1. The van der Waals surface area contributed by atoms with Crippen LogP contribution in [0.1, 0.15) is 24.8 Å². The van der Waals surface area contributed by atoms with Crippen molar-refractivity contribution < 1.29 is 17.9 Å². The zero-order valence-electron chi connectivity index (χ0n) is 11.2. The number of hydrogen-bond donors (Lipinski definition) is 1. The number of hydrogen-bond acceptors (Lipinski definition) is 4. The number of alkyl halides is 3. The van der Waals surface area contributed by atoms with E-state index in [2.05, 4.69) is 10.3 Å². The van der Waals surface area contributed by atoms with Crippen molar-refractivity contribution >= 4 is 26.7 Å². The van der Waals surface area contributed by atoms with Crippen molar-refractivity contribution in [3.8, 4) is 0 Å². The molecular weight excluding hydrogens is 301 g/mol. The van der Waals surface area contributed by atoms with Gasteiger partial charge >= 0.3 is 6.18 Å². The average Bonchev–Trinajstić information content (AvgIpc) is 3.05. The third-order valence-electron chi connectivity index (χ3n) is 3.48. The van der Waals surface area contributed by atoms with Crippen LogP contribution in [0.3, 0.4) is 0 Å². The third kappa shape index (κ3) is 3.47.